The summed E-state index contributed by atoms with van der Waals surface area (Å²) in [4.78, 5) is 14.6. The Morgan fingerprint density at radius 1 is 1.22 bits per heavy atom. The van der Waals surface area contributed by atoms with Gasteiger partial charge in [0.25, 0.3) is 5.91 Å². The van der Waals surface area contributed by atoms with Crippen LogP contribution in [-0.4, -0.2) is 54.7 Å². The SMILES string of the molecule is Cc1nn(CC(C)C)c2sc(C(=O)NCc3ccc(S(=O)(=O)N4CCOCC4)cc3)cc12. The molecule has 1 aromatic carbocycles. The van der Waals surface area contributed by atoms with E-state index in [1.54, 1.807) is 24.3 Å². The van der Waals surface area contributed by atoms with Gasteiger partial charge >= 0.3 is 0 Å². The zero-order chi connectivity index (χ0) is 22.9. The lowest BCUT2D eigenvalue weighted by atomic mass is 10.2. The number of hydrogen-bond donors (Lipinski definition) is 1. The van der Waals surface area contributed by atoms with E-state index < -0.39 is 10.0 Å². The Morgan fingerprint density at radius 2 is 1.91 bits per heavy atom. The first-order valence-electron chi connectivity index (χ1n) is 10.7. The number of aryl methyl sites for hydroxylation is 1. The second kappa shape index (κ2) is 9.30. The van der Waals surface area contributed by atoms with E-state index >= 15 is 0 Å². The molecule has 1 aliphatic heterocycles. The van der Waals surface area contributed by atoms with Crippen molar-refractivity contribution in [3.05, 3.63) is 46.5 Å². The van der Waals surface area contributed by atoms with E-state index in [0.717, 1.165) is 28.0 Å². The number of carbonyl (C=O) groups excluding carboxylic acids is 1. The first-order valence-corrected chi connectivity index (χ1v) is 12.9. The van der Waals surface area contributed by atoms with E-state index in [9.17, 15) is 13.2 Å². The van der Waals surface area contributed by atoms with Gasteiger partial charge in [-0.25, -0.2) is 8.42 Å². The fourth-order valence-corrected chi connectivity index (χ4v) is 6.17. The van der Waals surface area contributed by atoms with Crippen molar-refractivity contribution in [1.29, 1.82) is 0 Å². The highest BCUT2D eigenvalue weighted by atomic mass is 32.2. The Morgan fingerprint density at radius 3 is 2.56 bits per heavy atom. The van der Waals surface area contributed by atoms with Crippen LogP contribution in [0.1, 0.15) is 34.8 Å². The van der Waals surface area contributed by atoms with Crippen molar-refractivity contribution in [1.82, 2.24) is 19.4 Å². The van der Waals surface area contributed by atoms with Crippen LogP contribution in [0.15, 0.2) is 35.2 Å². The topological polar surface area (TPSA) is 93.5 Å². The van der Waals surface area contributed by atoms with Gasteiger partial charge in [0, 0.05) is 31.6 Å². The average Bonchev–Trinajstić information content (AvgIpc) is 3.34. The number of ether oxygens (including phenoxy) is 1. The van der Waals surface area contributed by atoms with Crippen LogP contribution >= 0.6 is 11.3 Å². The summed E-state index contributed by atoms with van der Waals surface area (Å²) in [6.45, 7) is 8.93. The molecule has 32 heavy (non-hydrogen) atoms. The van der Waals surface area contributed by atoms with Crippen molar-refractivity contribution in [3.8, 4) is 0 Å². The Bertz CT molecular complexity index is 1210. The van der Waals surface area contributed by atoms with Crippen molar-refractivity contribution in [2.75, 3.05) is 26.3 Å². The summed E-state index contributed by atoms with van der Waals surface area (Å²) in [6.07, 6.45) is 0. The number of amides is 1. The van der Waals surface area contributed by atoms with Crippen molar-refractivity contribution < 1.29 is 17.9 Å². The van der Waals surface area contributed by atoms with Gasteiger partial charge in [-0.15, -0.1) is 11.3 Å². The maximum Gasteiger partial charge on any atom is 0.261 e. The number of fused-ring (bicyclic) bond motifs is 1. The molecule has 172 valence electrons. The number of sulfonamides is 1. The summed E-state index contributed by atoms with van der Waals surface area (Å²) in [7, 11) is -3.52. The number of thiophene rings is 1. The number of rotatable bonds is 7. The van der Waals surface area contributed by atoms with Crippen LogP contribution < -0.4 is 5.32 Å². The first kappa shape index (κ1) is 22.9. The highest BCUT2D eigenvalue weighted by Crippen LogP contribution is 2.29. The van der Waals surface area contributed by atoms with E-state index in [0.29, 0.717) is 43.6 Å². The van der Waals surface area contributed by atoms with E-state index in [4.69, 9.17) is 4.74 Å². The molecule has 1 aliphatic rings. The third-order valence-electron chi connectivity index (χ3n) is 5.35. The maximum absolute atomic E-state index is 12.7. The number of nitrogens with one attached hydrogen (secondary N) is 1. The van der Waals surface area contributed by atoms with E-state index in [1.807, 2.05) is 17.7 Å². The molecule has 4 rings (SSSR count). The minimum absolute atomic E-state index is 0.147. The van der Waals surface area contributed by atoms with Crippen LogP contribution in [0.25, 0.3) is 10.2 Å². The van der Waals surface area contributed by atoms with Gasteiger partial charge in [-0.3, -0.25) is 9.48 Å². The first-order chi connectivity index (χ1) is 15.3. The summed E-state index contributed by atoms with van der Waals surface area (Å²) in [5.74, 6) is 0.318. The molecule has 1 N–H and O–H groups in total. The molecular weight excluding hydrogens is 448 g/mol. The van der Waals surface area contributed by atoms with Gasteiger partial charge in [-0.2, -0.15) is 9.40 Å². The summed E-state index contributed by atoms with van der Waals surface area (Å²) in [5.41, 5.74) is 1.76. The number of morpholine rings is 1. The van der Waals surface area contributed by atoms with Crippen molar-refractivity contribution in [2.24, 2.45) is 5.92 Å². The molecule has 2 aromatic heterocycles. The molecule has 0 aliphatic carbocycles. The van der Waals surface area contributed by atoms with Gasteiger partial charge in [-0.1, -0.05) is 26.0 Å². The number of carbonyl (C=O) groups is 1. The number of hydrogen-bond acceptors (Lipinski definition) is 6. The molecule has 3 aromatic rings. The fraction of sp³-hybridized carbons (Fsp3) is 0.455. The molecule has 0 saturated carbocycles. The summed E-state index contributed by atoms with van der Waals surface area (Å²) in [5, 5.41) is 8.53. The molecule has 0 atom stereocenters. The van der Waals surface area contributed by atoms with Crippen LogP contribution in [0, 0.1) is 12.8 Å². The quantitative estimate of drug-likeness (QED) is 0.566. The fourth-order valence-electron chi connectivity index (χ4n) is 3.68. The lowest BCUT2D eigenvalue weighted by Crippen LogP contribution is -2.40. The Hall–Kier alpha value is -2.27. The molecular formula is C22H28N4O4S2. The van der Waals surface area contributed by atoms with Crippen molar-refractivity contribution in [3.63, 3.8) is 0 Å². The van der Waals surface area contributed by atoms with Crippen LogP contribution in [0.4, 0.5) is 0 Å². The number of benzene rings is 1. The molecule has 1 saturated heterocycles. The highest BCUT2D eigenvalue weighted by molar-refractivity contribution is 7.89. The molecule has 1 fully saturated rings. The van der Waals surface area contributed by atoms with Crippen LogP contribution in [0.5, 0.6) is 0 Å². The van der Waals surface area contributed by atoms with Crippen LogP contribution in [-0.2, 0) is 27.8 Å². The minimum atomic E-state index is -3.52. The van der Waals surface area contributed by atoms with Gasteiger partial charge in [0.2, 0.25) is 10.0 Å². The predicted molar refractivity (Wildman–Crippen MR) is 124 cm³/mol. The van der Waals surface area contributed by atoms with Gasteiger partial charge < -0.3 is 10.1 Å². The van der Waals surface area contributed by atoms with Crippen molar-refractivity contribution >= 4 is 37.5 Å². The summed E-state index contributed by atoms with van der Waals surface area (Å²) in [6, 6.07) is 8.56. The molecule has 0 bridgehead atoms. The highest BCUT2D eigenvalue weighted by Gasteiger charge is 2.26. The Balaban J connectivity index is 1.42. The second-order valence-corrected chi connectivity index (χ2v) is 11.3. The monoisotopic (exact) mass is 476 g/mol. The number of nitrogens with zero attached hydrogens (tertiary/aromatic N) is 3. The van der Waals surface area contributed by atoms with Gasteiger partial charge in [0.05, 0.1) is 28.7 Å². The normalized spacial score (nSPS) is 15.5. The molecule has 10 heteroatoms. The standard InChI is InChI=1S/C22H28N4O4S2/c1-15(2)14-26-22-19(16(3)24-26)12-20(31-22)21(27)23-13-17-4-6-18(7-5-17)32(28,29)25-8-10-30-11-9-25/h4-7,12,15H,8-11,13-14H2,1-3H3,(H,23,27). The lowest BCUT2D eigenvalue weighted by molar-refractivity contribution is 0.0730. The lowest BCUT2D eigenvalue weighted by Gasteiger charge is -2.26. The van der Waals surface area contributed by atoms with Crippen LogP contribution in [0.2, 0.25) is 0 Å². The van der Waals surface area contributed by atoms with Gasteiger partial charge in [-0.05, 0) is 36.6 Å². The molecule has 0 spiro atoms. The molecule has 8 nitrogen and oxygen atoms in total. The molecule has 0 unspecified atom stereocenters. The predicted octanol–water partition coefficient (Wildman–Crippen LogP) is 3.01. The largest absolute Gasteiger partial charge is 0.379 e. The van der Waals surface area contributed by atoms with Crippen LogP contribution in [0.3, 0.4) is 0 Å². The summed E-state index contributed by atoms with van der Waals surface area (Å²) >= 11 is 1.44. The minimum Gasteiger partial charge on any atom is -0.379 e. The Labute approximate surface area is 192 Å². The second-order valence-electron chi connectivity index (χ2n) is 8.33. The summed E-state index contributed by atoms with van der Waals surface area (Å²) < 4.78 is 34.1. The zero-order valence-electron chi connectivity index (χ0n) is 18.5. The smallest absolute Gasteiger partial charge is 0.261 e. The molecule has 3 heterocycles. The molecule has 0 radical (unpaired) electrons. The van der Waals surface area contributed by atoms with E-state index in [-0.39, 0.29) is 10.8 Å². The molecule has 1 amide bonds. The van der Waals surface area contributed by atoms with E-state index in [1.165, 1.54) is 15.6 Å². The third-order valence-corrected chi connectivity index (χ3v) is 8.41. The third kappa shape index (κ3) is 4.73. The average molecular weight is 477 g/mol. The zero-order valence-corrected chi connectivity index (χ0v) is 20.1. The number of aromatic nitrogens is 2. The Kier molecular flexibility index (Phi) is 6.66. The van der Waals surface area contributed by atoms with E-state index in [2.05, 4.69) is 24.3 Å². The van der Waals surface area contributed by atoms with Gasteiger partial charge in [0.15, 0.2) is 0 Å². The maximum atomic E-state index is 12.7. The van der Waals surface area contributed by atoms with Gasteiger partial charge in [0.1, 0.15) is 4.83 Å². The van der Waals surface area contributed by atoms with Crippen molar-refractivity contribution in [2.45, 2.75) is 38.8 Å².